The van der Waals surface area contributed by atoms with Gasteiger partial charge in [0, 0.05) is 6.42 Å². The molecule has 0 fully saturated rings. The molecule has 2 nitrogen and oxygen atoms in total. The van der Waals surface area contributed by atoms with Crippen molar-refractivity contribution >= 4 is 6.29 Å². The van der Waals surface area contributed by atoms with E-state index in [9.17, 15) is 9.90 Å². The van der Waals surface area contributed by atoms with Crippen molar-refractivity contribution in [1.82, 2.24) is 0 Å². The van der Waals surface area contributed by atoms with E-state index >= 15 is 0 Å². The summed E-state index contributed by atoms with van der Waals surface area (Å²) in [5.74, 6) is 0. The van der Waals surface area contributed by atoms with Gasteiger partial charge in [-0.2, -0.15) is 0 Å². The van der Waals surface area contributed by atoms with Crippen molar-refractivity contribution in [2.24, 2.45) is 0 Å². The van der Waals surface area contributed by atoms with Crippen LogP contribution in [0.15, 0.2) is 0 Å². The molecule has 2 heteroatoms. The predicted octanol–water partition coefficient (Wildman–Crippen LogP) is 1.13. The highest BCUT2D eigenvalue weighted by molar-refractivity contribution is 5.49. The summed E-state index contributed by atoms with van der Waals surface area (Å²) in [6.07, 6.45) is 2.58. The van der Waals surface area contributed by atoms with E-state index in [1.807, 2.05) is 6.92 Å². The first-order chi connectivity index (χ1) is 4.12. The van der Waals surface area contributed by atoms with Crippen LogP contribution in [-0.2, 0) is 4.79 Å². The zero-order chi connectivity index (χ0) is 7.33. The minimum Gasteiger partial charge on any atom is -0.390 e. The number of rotatable bonds is 4. The fourth-order valence-electron chi connectivity index (χ4n) is 0.547. The molecule has 0 aliphatic rings. The number of aliphatic hydroxyl groups is 1. The van der Waals surface area contributed by atoms with Crippen molar-refractivity contribution in [3.63, 3.8) is 0 Å². The van der Waals surface area contributed by atoms with Gasteiger partial charge in [-0.15, -0.1) is 0 Å². The Morgan fingerprint density at radius 3 is 2.56 bits per heavy atom. The fraction of sp³-hybridized carbons (Fsp3) is 0.857. The van der Waals surface area contributed by atoms with Crippen LogP contribution in [0.2, 0.25) is 0 Å². The monoisotopic (exact) mass is 130 g/mol. The molecule has 0 unspecified atom stereocenters. The molecular weight excluding hydrogens is 116 g/mol. The van der Waals surface area contributed by atoms with Gasteiger partial charge in [0.2, 0.25) is 0 Å². The van der Waals surface area contributed by atoms with E-state index in [1.165, 1.54) is 0 Å². The smallest absolute Gasteiger partial charge is 0.120 e. The van der Waals surface area contributed by atoms with E-state index in [0.717, 1.165) is 6.29 Å². The van der Waals surface area contributed by atoms with Crippen LogP contribution in [0.4, 0.5) is 0 Å². The Labute approximate surface area is 55.9 Å². The molecular formula is C7H14O2. The summed E-state index contributed by atoms with van der Waals surface area (Å²) in [5.41, 5.74) is -0.638. The molecule has 1 N–H and O–H groups in total. The van der Waals surface area contributed by atoms with Gasteiger partial charge >= 0.3 is 0 Å². The Bertz CT molecular complexity index is 86.9. The topological polar surface area (TPSA) is 37.3 Å². The highest BCUT2D eigenvalue weighted by Crippen LogP contribution is 2.14. The Hall–Kier alpha value is -0.370. The molecule has 0 bridgehead atoms. The minimum atomic E-state index is -0.638. The molecule has 54 valence electrons. The van der Waals surface area contributed by atoms with E-state index < -0.39 is 5.60 Å². The molecule has 0 aliphatic heterocycles. The van der Waals surface area contributed by atoms with Crippen LogP contribution >= 0.6 is 0 Å². The van der Waals surface area contributed by atoms with Crippen LogP contribution in [-0.4, -0.2) is 17.0 Å². The summed E-state index contributed by atoms with van der Waals surface area (Å²) >= 11 is 0. The summed E-state index contributed by atoms with van der Waals surface area (Å²) in [6, 6.07) is 0. The van der Waals surface area contributed by atoms with Crippen LogP contribution in [0.25, 0.3) is 0 Å². The molecule has 0 aromatic rings. The zero-order valence-electron chi connectivity index (χ0n) is 6.05. The molecule has 0 spiro atoms. The average molecular weight is 130 g/mol. The molecule has 0 rings (SSSR count). The van der Waals surface area contributed by atoms with Gasteiger partial charge in [-0.25, -0.2) is 0 Å². The van der Waals surface area contributed by atoms with Crippen LogP contribution in [0.5, 0.6) is 0 Å². The number of carbonyl (C=O) groups is 1. The van der Waals surface area contributed by atoms with Crippen molar-refractivity contribution < 1.29 is 9.90 Å². The fourth-order valence-corrected chi connectivity index (χ4v) is 0.547. The van der Waals surface area contributed by atoms with E-state index in [-0.39, 0.29) is 0 Å². The second-order valence-electron chi connectivity index (χ2n) is 2.56. The lowest BCUT2D eigenvalue weighted by atomic mass is 9.98. The third kappa shape index (κ3) is 4.15. The summed E-state index contributed by atoms with van der Waals surface area (Å²) in [7, 11) is 0. The van der Waals surface area contributed by atoms with Crippen LogP contribution in [0, 0.1) is 0 Å². The number of hydrogen-bond donors (Lipinski definition) is 1. The second kappa shape index (κ2) is 3.62. The SMILES string of the molecule is CC[C@@](C)(O)CCC=O. The first kappa shape index (κ1) is 8.63. The van der Waals surface area contributed by atoms with Crippen molar-refractivity contribution in [1.29, 1.82) is 0 Å². The molecule has 0 aromatic heterocycles. The zero-order valence-corrected chi connectivity index (χ0v) is 6.05. The summed E-state index contributed by atoms with van der Waals surface area (Å²) in [5, 5.41) is 9.30. The molecule has 0 radical (unpaired) electrons. The minimum absolute atomic E-state index is 0.459. The lowest BCUT2D eigenvalue weighted by Crippen LogP contribution is -2.22. The van der Waals surface area contributed by atoms with Gasteiger partial charge in [0.25, 0.3) is 0 Å². The quantitative estimate of drug-likeness (QED) is 0.579. The second-order valence-corrected chi connectivity index (χ2v) is 2.56. The maximum atomic E-state index is 9.86. The largest absolute Gasteiger partial charge is 0.390 e. The van der Waals surface area contributed by atoms with Gasteiger partial charge < -0.3 is 9.90 Å². The maximum Gasteiger partial charge on any atom is 0.120 e. The summed E-state index contributed by atoms with van der Waals surface area (Å²) in [4.78, 5) is 9.86. The third-order valence-electron chi connectivity index (χ3n) is 1.56. The van der Waals surface area contributed by atoms with Gasteiger partial charge in [0.15, 0.2) is 0 Å². The van der Waals surface area contributed by atoms with Crippen molar-refractivity contribution in [2.45, 2.75) is 38.7 Å². The number of carbonyl (C=O) groups excluding carboxylic acids is 1. The van der Waals surface area contributed by atoms with Gasteiger partial charge in [0.1, 0.15) is 6.29 Å². The molecule has 1 atom stereocenters. The van der Waals surface area contributed by atoms with Gasteiger partial charge in [0.05, 0.1) is 5.60 Å². The van der Waals surface area contributed by atoms with E-state index in [1.54, 1.807) is 6.92 Å². The first-order valence-corrected chi connectivity index (χ1v) is 3.28. The molecule has 0 saturated heterocycles. The first-order valence-electron chi connectivity index (χ1n) is 3.28. The summed E-state index contributed by atoms with van der Waals surface area (Å²) < 4.78 is 0. The van der Waals surface area contributed by atoms with Crippen molar-refractivity contribution in [3.05, 3.63) is 0 Å². The molecule has 0 aromatic carbocycles. The van der Waals surface area contributed by atoms with Gasteiger partial charge in [-0.3, -0.25) is 0 Å². The van der Waals surface area contributed by atoms with E-state index in [0.29, 0.717) is 19.3 Å². The lowest BCUT2D eigenvalue weighted by molar-refractivity contribution is -0.109. The molecule has 9 heavy (non-hydrogen) atoms. The number of aldehydes is 1. The molecule has 0 heterocycles. The third-order valence-corrected chi connectivity index (χ3v) is 1.56. The molecule has 0 saturated carbocycles. The van der Waals surface area contributed by atoms with E-state index in [2.05, 4.69) is 0 Å². The Kier molecular flexibility index (Phi) is 3.47. The maximum absolute atomic E-state index is 9.86. The average Bonchev–Trinajstić information content (AvgIpc) is 1.84. The van der Waals surface area contributed by atoms with Crippen LogP contribution in [0.3, 0.4) is 0 Å². The number of hydrogen-bond acceptors (Lipinski definition) is 2. The van der Waals surface area contributed by atoms with Gasteiger partial charge in [-0.05, 0) is 19.8 Å². The van der Waals surface area contributed by atoms with Crippen LogP contribution in [0.1, 0.15) is 33.1 Å². The van der Waals surface area contributed by atoms with E-state index in [4.69, 9.17) is 0 Å². The van der Waals surface area contributed by atoms with Crippen molar-refractivity contribution in [2.75, 3.05) is 0 Å². The lowest BCUT2D eigenvalue weighted by Gasteiger charge is -2.18. The Morgan fingerprint density at radius 2 is 2.22 bits per heavy atom. The van der Waals surface area contributed by atoms with Crippen LogP contribution < -0.4 is 0 Å². The Balaban J connectivity index is 3.44. The highest BCUT2D eigenvalue weighted by Gasteiger charge is 2.15. The predicted molar refractivity (Wildman–Crippen MR) is 36.2 cm³/mol. The molecule has 0 amide bonds. The highest BCUT2D eigenvalue weighted by atomic mass is 16.3. The van der Waals surface area contributed by atoms with Gasteiger partial charge in [-0.1, -0.05) is 6.92 Å². The normalized spacial score (nSPS) is 16.8. The summed E-state index contributed by atoms with van der Waals surface area (Å²) in [6.45, 7) is 3.65. The molecule has 0 aliphatic carbocycles. The van der Waals surface area contributed by atoms with Crippen molar-refractivity contribution in [3.8, 4) is 0 Å². The Morgan fingerprint density at radius 1 is 1.67 bits per heavy atom. The standard InChI is InChI=1S/C7H14O2/c1-3-7(2,9)5-4-6-8/h6,9H,3-5H2,1-2H3/t7-/m1/s1.